The van der Waals surface area contributed by atoms with Gasteiger partial charge in [-0.15, -0.1) is 0 Å². The summed E-state index contributed by atoms with van der Waals surface area (Å²) in [7, 11) is 0. The zero-order valence-corrected chi connectivity index (χ0v) is 15.2. The normalized spacial score (nSPS) is 11.2. The highest BCUT2D eigenvalue weighted by molar-refractivity contribution is 6.00. The number of carbonyl (C=O) groups is 4. The van der Waals surface area contributed by atoms with Crippen LogP contribution in [0.5, 0.6) is 0 Å². The van der Waals surface area contributed by atoms with Gasteiger partial charge in [0.05, 0.1) is 5.56 Å². The number of hydrogen-bond acceptors (Lipinski definition) is 5. The molecule has 0 aromatic heterocycles. The summed E-state index contributed by atoms with van der Waals surface area (Å²) in [6, 6.07) is 12.7. The molecular formula is C20H20N2O5. The van der Waals surface area contributed by atoms with E-state index in [2.05, 4.69) is 10.6 Å². The van der Waals surface area contributed by atoms with Gasteiger partial charge in [0.2, 0.25) is 5.91 Å². The van der Waals surface area contributed by atoms with Gasteiger partial charge in [0.25, 0.3) is 5.91 Å². The van der Waals surface area contributed by atoms with E-state index >= 15 is 0 Å². The van der Waals surface area contributed by atoms with E-state index in [1.807, 2.05) is 0 Å². The van der Waals surface area contributed by atoms with E-state index in [4.69, 9.17) is 4.74 Å². The molecule has 2 N–H and O–H groups in total. The Balaban J connectivity index is 2.01. The number of ketones is 1. The van der Waals surface area contributed by atoms with Gasteiger partial charge in [0.15, 0.2) is 11.9 Å². The minimum Gasteiger partial charge on any atom is -0.449 e. The minimum atomic E-state index is -1.05. The molecule has 1 unspecified atom stereocenters. The van der Waals surface area contributed by atoms with Crippen LogP contribution >= 0.6 is 0 Å². The summed E-state index contributed by atoms with van der Waals surface area (Å²) in [4.78, 5) is 47.0. The van der Waals surface area contributed by atoms with Gasteiger partial charge in [-0.05, 0) is 44.2 Å². The molecule has 27 heavy (non-hydrogen) atoms. The Labute approximate surface area is 156 Å². The van der Waals surface area contributed by atoms with Crippen molar-refractivity contribution in [3.8, 4) is 0 Å². The van der Waals surface area contributed by atoms with Gasteiger partial charge in [-0.1, -0.05) is 18.2 Å². The maximum absolute atomic E-state index is 12.2. The molecule has 0 aliphatic rings. The predicted molar refractivity (Wildman–Crippen MR) is 101 cm³/mol. The lowest BCUT2D eigenvalue weighted by molar-refractivity contribution is -0.123. The van der Waals surface area contributed by atoms with Crippen LogP contribution in [0.1, 0.15) is 41.5 Å². The molecule has 0 heterocycles. The molecule has 0 aliphatic heterocycles. The summed E-state index contributed by atoms with van der Waals surface area (Å²) in [5.41, 5.74) is 1.56. The van der Waals surface area contributed by atoms with E-state index in [0.717, 1.165) is 0 Å². The second-order valence-electron chi connectivity index (χ2n) is 5.94. The number of rotatable bonds is 6. The molecule has 2 aromatic rings. The Hall–Kier alpha value is -3.48. The zero-order valence-electron chi connectivity index (χ0n) is 15.2. The first kappa shape index (κ1) is 19.8. The van der Waals surface area contributed by atoms with Crippen LogP contribution in [0.2, 0.25) is 0 Å². The van der Waals surface area contributed by atoms with Crippen molar-refractivity contribution in [1.82, 2.24) is 0 Å². The Kier molecular flexibility index (Phi) is 6.43. The molecule has 140 valence electrons. The fourth-order valence-corrected chi connectivity index (χ4v) is 2.27. The first-order valence-corrected chi connectivity index (χ1v) is 8.27. The number of esters is 1. The van der Waals surface area contributed by atoms with Crippen molar-refractivity contribution in [2.24, 2.45) is 0 Å². The Morgan fingerprint density at radius 1 is 0.852 bits per heavy atom. The number of hydrogen-bond donors (Lipinski definition) is 2. The number of Topliss-reactive ketones (excluding diaryl/α,β-unsaturated/α-hetero) is 1. The topological polar surface area (TPSA) is 102 Å². The van der Waals surface area contributed by atoms with Crippen LogP contribution in [0.3, 0.4) is 0 Å². The van der Waals surface area contributed by atoms with Crippen molar-refractivity contribution >= 4 is 34.9 Å². The molecule has 7 heteroatoms. The van der Waals surface area contributed by atoms with E-state index in [0.29, 0.717) is 16.9 Å². The summed E-state index contributed by atoms with van der Waals surface area (Å²) in [6.07, 6.45) is -1.05. The molecule has 0 saturated heterocycles. The largest absolute Gasteiger partial charge is 0.449 e. The molecule has 2 aromatic carbocycles. The fraction of sp³-hybridized carbons (Fsp3) is 0.200. The summed E-state index contributed by atoms with van der Waals surface area (Å²) < 4.78 is 5.18. The predicted octanol–water partition coefficient (Wildman–Crippen LogP) is 3.03. The van der Waals surface area contributed by atoms with Crippen LogP contribution in [0.25, 0.3) is 0 Å². The summed E-state index contributed by atoms with van der Waals surface area (Å²) >= 11 is 0. The molecule has 0 spiro atoms. The standard InChI is InChI=1S/C20H20N2O5/c1-12(23)15-6-4-9-18(10-15)22-19(25)13(2)27-20(26)16-7-5-8-17(11-16)21-14(3)24/h4-11,13H,1-3H3,(H,21,24)(H,22,25). The van der Waals surface area contributed by atoms with Crippen molar-refractivity contribution in [3.63, 3.8) is 0 Å². The third kappa shape index (κ3) is 5.78. The van der Waals surface area contributed by atoms with Gasteiger partial charge < -0.3 is 15.4 Å². The number of ether oxygens (including phenoxy) is 1. The SMILES string of the molecule is CC(=O)Nc1cccc(C(=O)OC(C)C(=O)Nc2cccc(C(C)=O)c2)c1. The molecule has 0 fully saturated rings. The maximum atomic E-state index is 12.2. The van der Waals surface area contributed by atoms with Crippen molar-refractivity contribution in [2.75, 3.05) is 10.6 Å². The molecule has 0 aliphatic carbocycles. The lowest BCUT2D eigenvalue weighted by atomic mass is 10.1. The van der Waals surface area contributed by atoms with Crippen molar-refractivity contribution in [3.05, 3.63) is 59.7 Å². The number of carbonyl (C=O) groups excluding carboxylic acids is 4. The molecule has 2 rings (SSSR count). The highest BCUT2D eigenvalue weighted by Crippen LogP contribution is 2.14. The minimum absolute atomic E-state index is 0.121. The lowest BCUT2D eigenvalue weighted by Crippen LogP contribution is -2.30. The molecular weight excluding hydrogens is 348 g/mol. The average Bonchev–Trinajstić information content (AvgIpc) is 2.61. The maximum Gasteiger partial charge on any atom is 0.338 e. The smallest absolute Gasteiger partial charge is 0.338 e. The van der Waals surface area contributed by atoms with Gasteiger partial charge >= 0.3 is 5.97 Å². The van der Waals surface area contributed by atoms with E-state index in [9.17, 15) is 19.2 Å². The molecule has 0 radical (unpaired) electrons. The number of amides is 2. The van der Waals surface area contributed by atoms with E-state index in [1.165, 1.54) is 32.9 Å². The Bertz CT molecular complexity index is 891. The van der Waals surface area contributed by atoms with Crippen LogP contribution in [0, 0.1) is 0 Å². The van der Waals surface area contributed by atoms with Crippen LogP contribution in [0.4, 0.5) is 11.4 Å². The van der Waals surface area contributed by atoms with E-state index in [-0.39, 0.29) is 17.3 Å². The molecule has 0 bridgehead atoms. The highest BCUT2D eigenvalue weighted by atomic mass is 16.5. The van der Waals surface area contributed by atoms with Crippen LogP contribution in [-0.4, -0.2) is 29.7 Å². The van der Waals surface area contributed by atoms with Gasteiger partial charge in [-0.2, -0.15) is 0 Å². The highest BCUT2D eigenvalue weighted by Gasteiger charge is 2.19. The lowest BCUT2D eigenvalue weighted by Gasteiger charge is -2.14. The molecule has 2 amide bonds. The number of anilines is 2. The van der Waals surface area contributed by atoms with Crippen molar-refractivity contribution < 1.29 is 23.9 Å². The average molecular weight is 368 g/mol. The van der Waals surface area contributed by atoms with Gasteiger partial charge in [0.1, 0.15) is 0 Å². The summed E-state index contributed by atoms with van der Waals surface area (Å²) in [5, 5.41) is 5.18. The zero-order chi connectivity index (χ0) is 20.0. The van der Waals surface area contributed by atoms with Gasteiger partial charge in [-0.25, -0.2) is 4.79 Å². The first-order chi connectivity index (χ1) is 12.8. The summed E-state index contributed by atoms with van der Waals surface area (Å²) in [6.45, 7) is 4.23. The summed E-state index contributed by atoms with van der Waals surface area (Å²) in [5.74, 6) is -1.60. The van der Waals surface area contributed by atoms with Gasteiger partial charge in [0, 0.05) is 23.9 Å². The quantitative estimate of drug-likeness (QED) is 0.603. The van der Waals surface area contributed by atoms with Gasteiger partial charge in [-0.3, -0.25) is 14.4 Å². The van der Waals surface area contributed by atoms with E-state index < -0.39 is 18.0 Å². The molecule has 7 nitrogen and oxygen atoms in total. The Morgan fingerprint density at radius 2 is 1.41 bits per heavy atom. The third-order valence-corrected chi connectivity index (χ3v) is 3.61. The van der Waals surface area contributed by atoms with Crippen molar-refractivity contribution in [1.29, 1.82) is 0 Å². The third-order valence-electron chi connectivity index (χ3n) is 3.61. The monoisotopic (exact) mass is 368 g/mol. The fourth-order valence-electron chi connectivity index (χ4n) is 2.27. The number of nitrogens with one attached hydrogen (secondary N) is 2. The van der Waals surface area contributed by atoms with Crippen LogP contribution in [-0.2, 0) is 14.3 Å². The first-order valence-electron chi connectivity index (χ1n) is 8.27. The molecule has 1 atom stereocenters. The molecule has 0 saturated carbocycles. The van der Waals surface area contributed by atoms with Crippen LogP contribution in [0.15, 0.2) is 48.5 Å². The second-order valence-corrected chi connectivity index (χ2v) is 5.94. The van der Waals surface area contributed by atoms with E-state index in [1.54, 1.807) is 36.4 Å². The Morgan fingerprint density at radius 3 is 2.00 bits per heavy atom. The number of benzene rings is 2. The second kappa shape index (κ2) is 8.75. The van der Waals surface area contributed by atoms with Crippen LogP contribution < -0.4 is 10.6 Å². The van der Waals surface area contributed by atoms with Crippen molar-refractivity contribution in [2.45, 2.75) is 26.9 Å².